The van der Waals surface area contributed by atoms with Gasteiger partial charge in [-0.3, -0.25) is 11.3 Å². The minimum atomic E-state index is -0.227. The summed E-state index contributed by atoms with van der Waals surface area (Å²) in [6.07, 6.45) is 0.789. The van der Waals surface area contributed by atoms with Crippen LogP contribution in [-0.2, 0) is 6.42 Å². The highest BCUT2D eigenvalue weighted by molar-refractivity contribution is 9.10. The molecule has 0 aromatic heterocycles. The molecule has 0 radical (unpaired) electrons. The lowest BCUT2D eigenvalue weighted by atomic mass is 10.1. The van der Waals surface area contributed by atoms with Crippen molar-refractivity contribution in [3.05, 3.63) is 34.1 Å². The highest BCUT2D eigenvalue weighted by Gasteiger charge is 2.11. The Bertz CT molecular complexity index is 360. The third-order valence-corrected chi connectivity index (χ3v) is 4.35. The maximum absolute atomic E-state index is 12.9. The third-order valence-electron chi connectivity index (χ3n) is 2.35. The van der Waals surface area contributed by atoms with E-state index in [4.69, 9.17) is 5.84 Å². The molecular formula is C12H18BrFN2S. The van der Waals surface area contributed by atoms with E-state index in [0.717, 1.165) is 22.2 Å². The second kappa shape index (κ2) is 7.36. The van der Waals surface area contributed by atoms with E-state index in [1.807, 2.05) is 11.8 Å². The molecule has 0 spiro atoms. The monoisotopic (exact) mass is 320 g/mol. The molecule has 1 atom stereocenters. The number of benzene rings is 1. The van der Waals surface area contributed by atoms with Gasteiger partial charge in [0.2, 0.25) is 0 Å². The summed E-state index contributed by atoms with van der Waals surface area (Å²) in [4.78, 5) is 0. The summed E-state index contributed by atoms with van der Waals surface area (Å²) in [6, 6.07) is 4.95. The topological polar surface area (TPSA) is 38.0 Å². The number of hydrogen-bond donors (Lipinski definition) is 2. The van der Waals surface area contributed by atoms with Crippen LogP contribution in [0, 0.1) is 5.82 Å². The molecule has 2 nitrogen and oxygen atoms in total. The predicted octanol–water partition coefficient (Wildman–Crippen LogP) is 3.10. The molecule has 5 heteroatoms. The molecule has 96 valence electrons. The lowest BCUT2D eigenvalue weighted by Crippen LogP contribution is -2.39. The smallest absolute Gasteiger partial charge is 0.124 e. The van der Waals surface area contributed by atoms with Gasteiger partial charge < -0.3 is 0 Å². The van der Waals surface area contributed by atoms with Gasteiger partial charge in [0.05, 0.1) is 0 Å². The van der Waals surface area contributed by atoms with Crippen molar-refractivity contribution < 1.29 is 4.39 Å². The molecule has 0 amide bonds. The average molecular weight is 321 g/mol. The Morgan fingerprint density at radius 2 is 2.18 bits per heavy atom. The summed E-state index contributed by atoms with van der Waals surface area (Å²) < 4.78 is 13.7. The van der Waals surface area contributed by atoms with Crippen LogP contribution in [0.1, 0.15) is 19.4 Å². The van der Waals surface area contributed by atoms with Crippen molar-refractivity contribution in [2.24, 2.45) is 5.84 Å². The van der Waals surface area contributed by atoms with Crippen molar-refractivity contribution in [1.82, 2.24) is 5.43 Å². The normalized spacial score (nSPS) is 13.1. The van der Waals surface area contributed by atoms with Gasteiger partial charge in [0.1, 0.15) is 5.82 Å². The molecule has 17 heavy (non-hydrogen) atoms. The largest absolute Gasteiger partial charge is 0.271 e. The van der Waals surface area contributed by atoms with E-state index in [-0.39, 0.29) is 11.9 Å². The van der Waals surface area contributed by atoms with Crippen LogP contribution in [0.5, 0.6) is 0 Å². The molecule has 0 fully saturated rings. The van der Waals surface area contributed by atoms with E-state index in [1.165, 1.54) is 12.1 Å². The second-order valence-electron chi connectivity index (χ2n) is 4.19. The molecule has 0 aliphatic rings. The van der Waals surface area contributed by atoms with Gasteiger partial charge in [-0.2, -0.15) is 11.8 Å². The number of rotatable bonds is 6. The van der Waals surface area contributed by atoms with Crippen LogP contribution in [0.3, 0.4) is 0 Å². The molecule has 0 heterocycles. The van der Waals surface area contributed by atoms with Crippen LogP contribution in [0.4, 0.5) is 4.39 Å². The van der Waals surface area contributed by atoms with E-state index >= 15 is 0 Å². The molecule has 0 aliphatic carbocycles. The van der Waals surface area contributed by atoms with Gasteiger partial charge in [-0.1, -0.05) is 35.8 Å². The lowest BCUT2D eigenvalue weighted by Gasteiger charge is -2.17. The van der Waals surface area contributed by atoms with Gasteiger partial charge in [0.25, 0.3) is 0 Å². The fourth-order valence-electron chi connectivity index (χ4n) is 1.43. The fraction of sp³-hybridized carbons (Fsp3) is 0.500. The van der Waals surface area contributed by atoms with Crippen LogP contribution in [0.15, 0.2) is 22.7 Å². The Labute approximate surface area is 115 Å². The molecular weight excluding hydrogens is 303 g/mol. The third kappa shape index (κ3) is 5.38. The van der Waals surface area contributed by atoms with Gasteiger partial charge in [-0.05, 0) is 29.4 Å². The minimum absolute atomic E-state index is 0.198. The van der Waals surface area contributed by atoms with Gasteiger partial charge in [0.15, 0.2) is 0 Å². The van der Waals surface area contributed by atoms with Gasteiger partial charge in [-0.25, -0.2) is 4.39 Å². The standard InChI is InChI=1S/C12H18BrFN2S/c1-8(2)17-7-11(16-15)5-9-3-4-10(14)6-12(9)13/h3-4,6,8,11,16H,5,7,15H2,1-2H3. The van der Waals surface area contributed by atoms with Crippen LogP contribution < -0.4 is 11.3 Å². The molecule has 1 rings (SSSR count). The van der Waals surface area contributed by atoms with Crippen LogP contribution in [0.2, 0.25) is 0 Å². The Morgan fingerprint density at radius 1 is 1.47 bits per heavy atom. The van der Waals surface area contributed by atoms with Crippen molar-refractivity contribution in [3.8, 4) is 0 Å². The molecule has 0 bridgehead atoms. The summed E-state index contributed by atoms with van der Waals surface area (Å²) >= 11 is 5.23. The number of nitrogens with one attached hydrogen (secondary N) is 1. The first kappa shape index (κ1) is 15.0. The maximum atomic E-state index is 12.9. The highest BCUT2D eigenvalue weighted by atomic mass is 79.9. The van der Waals surface area contributed by atoms with E-state index in [0.29, 0.717) is 5.25 Å². The zero-order chi connectivity index (χ0) is 12.8. The molecule has 3 N–H and O–H groups in total. The number of hydrogen-bond acceptors (Lipinski definition) is 3. The lowest BCUT2D eigenvalue weighted by molar-refractivity contribution is 0.572. The zero-order valence-corrected chi connectivity index (χ0v) is 12.4. The summed E-state index contributed by atoms with van der Waals surface area (Å²) in [5.41, 5.74) is 3.88. The molecule has 0 saturated carbocycles. The molecule has 0 aliphatic heterocycles. The minimum Gasteiger partial charge on any atom is -0.271 e. The first-order valence-corrected chi connectivity index (χ1v) is 7.38. The Kier molecular flexibility index (Phi) is 6.48. The van der Waals surface area contributed by atoms with Crippen molar-refractivity contribution in [1.29, 1.82) is 0 Å². The second-order valence-corrected chi connectivity index (χ2v) is 6.65. The average Bonchev–Trinajstić information content (AvgIpc) is 2.26. The predicted molar refractivity (Wildman–Crippen MR) is 76.5 cm³/mol. The first-order chi connectivity index (χ1) is 8.02. The molecule has 1 aromatic carbocycles. The van der Waals surface area contributed by atoms with Crippen LogP contribution in [0.25, 0.3) is 0 Å². The van der Waals surface area contributed by atoms with Gasteiger partial charge >= 0.3 is 0 Å². The van der Waals surface area contributed by atoms with Gasteiger partial charge in [-0.15, -0.1) is 0 Å². The zero-order valence-electron chi connectivity index (χ0n) is 10.0. The summed E-state index contributed by atoms with van der Waals surface area (Å²) in [7, 11) is 0. The molecule has 0 saturated heterocycles. The van der Waals surface area contributed by atoms with Crippen LogP contribution >= 0.6 is 27.7 Å². The molecule has 1 unspecified atom stereocenters. The van der Waals surface area contributed by atoms with Crippen LogP contribution in [-0.4, -0.2) is 17.0 Å². The van der Waals surface area contributed by atoms with Crippen molar-refractivity contribution in [3.63, 3.8) is 0 Å². The number of halogens is 2. The Balaban J connectivity index is 2.60. The fourth-order valence-corrected chi connectivity index (χ4v) is 2.77. The van der Waals surface area contributed by atoms with E-state index in [1.54, 1.807) is 6.07 Å². The Morgan fingerprint density at radius 3 is 2.71 bits per heavy atom. The first-order valence-electron chi connectivity index (χ1n) is 5.54. The highest BCUT2D eigenvalue weighted by Crippen LogP contribution is 2.21. The van der Waals surface area contributed by atoms with Gasteiger partial charge in [0, 0.05) is 16.3 Å². The van der Waals surface area contributed by atoms with Crippen molar-refractivity contribution in [2.75, 3.05) is 5.75 Å². The summed E-state index contributed by atoms with van der Waals surface area (Å²) in [6.45, 7) is 4.32. The molecule has 1 aromatic rings. The maximum Gasteiger partial charge on any atom is 0.124 e. The van der Waals surface area contributed by atoms with E-state index < -0.39 is 0 Å². The number of hydrazine groups is 1. The SMILES string of the molecule is CC(C)SCC(Cc1ccc(F)cc1Br)NN. The number of thioether (sulfide) groups is 1. The Hall–Kier alpha value is -0.100. The van der Waals surface area contributed by atoms with E-state index in [2.05, 4.69) is 35.2 Å². The van der Waals surface area contributed by atoms with Crippen molar-refractivity contribution >= 4 is 27.7 Å². The van der Waals surface area contributed by atoms with Crippen molar-refractivity contribution in [2.45, 2.75) is 31.6 Å². The van der Waals surface area contributed by atoms with E-state index in [9.17, 15) is 4.39 Å². The summed E-state index contributed by atoms with van der Waals surface area (Å²) in [5.74, 6) is 6.25. The summed E-state index contributed by atoms with van der Waals surface area (Å²) in [5, 5.41) is 0.586. The quantitative estimate of drug-likeness (QED) is 0.625. The number of nitrogens with two attached hydrogens (primary N) is 1.